The summed E-state index contributed by atoms with van der Waals surface area (Å²) in [6.07, 6.45) is 2.85. The second kappa shape index (κ2) is 5.38. The Kier molecular flexibility index (Phi) is 3.64. The van der Waals surface area contributed by atoms with E-state index in [0.717, 1.165) is 11.1 Å². The van der Waals surface area contributed by atoms with Gasteiger partial charge in [-0.2, -0.15) is 0 Å². The summed E-state index contributed by atoms with van der Waals surface area (Å²) in [4.78, 5) is 4.34. The van der Waals surface area contributed by atoms with Crippen molar-refractivity contribution < 1.29 is 13.5 Å². The molecule has 6 heteroatoms. The van der Waals surface area contributed by atoms with E-state index in [1.54, 1.807) is 36.5 Å². The lowest BCUT2D eigenvalue weighted by Crippen LogP contribution is -2.12. The minimum atomic E-state index is -3.74. The number of fused-ring (bicyclic) bond motifs is 1. The van der Waals surface area contributed by atoms with Crippen molar-refractivity contribution in [3.05, 3.63) is 53.9 Å². The van der Waals surface area contributed by atoms with Crippen LogP contribution in [0.3, 0.4) is 0 Å². The molecule has 0 radical (unpaired) electrons. The Balaban J connectivity index is 2.29. The van der Waals surface area contributed by atoms with Crippen molar-refractivity contribution in [3.63, 3.8) is 0 Å². The van der Waals surface area contributed by atoms with Crippen LogP contribution in [-0.2, 0) is 10.0 Å². The van der Waals surface area contributed by atoms with Crippen LogP contribution in [0, 0.1) is 6.92 Å². The Hall–Kier alpha value is -2.34. The second-order valence-electron chi connectivity index (χ2n) is 5.92. The number of benzene rings is 1. The van der Waals surface area contributed by atoms with Crippen molar-refractivity contribution in [2.24, 2.45) is 0 Å². The Morgan fingerprint density at radius 3 is 2.43 bits per heavy atom. The predicted molar refractivity (Wildman–Crippen MR) is 89.2 cm³/mol. The lowest BCUT2D eigenvalue weighted by Gasteiger charge is -2.07. The van der Waals surface area contributed by atoms with Gasteiger partial charge in [0, 0.05) is 11.6 Å². The van der Waals surface area contributed by atoms with E-state index >= 15 is 0 Å². The third-order valence-electron chi connectivity index (χ3n) is 3.83. The highest BCUT2D eigenvalue weighted by Gasteiger charge is 2.23. The first-order chi connectivity index (χ1) is 10.8. The van der Waals surface area contributed by atoms with Crippen molar-refractivity contribution >= 4 is 21.1 Å². The van der Waals surface area contributed by atoms with Gasteiger partial charge in [-0.25, -0.2) is 17.4 Å². The summed E-state index contributed by atoms with van der Waals surface area (Å²) in [5.74, 6) is 0.125. The zero-order chi connectivity index (χ0) is 16.8. The lowest BCUT2D eigenvalue weighted by molar-refractivity contribution is 0.473. The zero-order valence-electron chi connectivity index (χ0n) is 13.2. The average Bonchev–Trinajstić information content (AvgIpc) is 2.87. The summed E-state index contributed by atoms with van der Waals surface area (Å²) < 4.78 is 27.1. The molecule has 0 spiro atoms. The number of aromatic nitrogens is 2. The van der Waals surface area contributed by atoms with Crippen LogP contribution in [0.5, 0.6) is 5.75 Å². The van der Waals surface area contributed by atoms with Gasteiger partial charge in [0.2, 0.25) is 0 Å². The maximum Gasteiger partial charge on any atom is 0.269 e. The van der Waals surface area contributed by atoms with Gasteiger partial charge in [0.15, 0.2) is 5.65 Å². The first kappa shape index (κ1) is 15.6. The molecule has 120 valence electrons. The monoisotopic (exact) mass is 330 g/mol. The van der Waals surface area contributed by atoms with Gasteiger partial charge in [-0.15, -0.1) is 0 Å². The maximum absolute atomic E-state index is 12.9. The molecule has 0 atom stereocenters. The van der Waals surface area contributed by atoms with Crippen molar-refractivity contribution in [2.45, 2.75) is 31.6 Å². The molecule has 0 aliphatic carbocycles. The first-order valence-corrected chi connectivity index (χ1v) is 8.77. The number of aromatic hydroxyl groups is 1. The number of pyridine rings is 1. The van der Waals surface area contributed by atoms with E-state index in [-0.39, 0.29) is 16.6 Å². The number of hydrogen-bond acceptors (Lipinski definition) is 4. The molecule has 5 nitrogen and oxygen atoms in total. The summed E-state index contributed by atoms with van der Waals surface area (Å²) in [5, 5.41) is 10.3. The highest BCUT2D eigenvalue weighted by Crippen LogP contribution is 2.31. The van der Waals surface area contributed by atoms with Crippen molar-refractivity contribution in [1.29, 1.82) is 0 Å². The van der Waals surface area contributed by atoms with Crippen LogP contribution < -0.4 is 0 Å². The van der Waals surface area contributed by atoms with Crippen LogP contribution in [-0.4, -0.2) is 22.5 Å². The molecular formula is C17H18N2O3S. The van der Waals surface area contributed by atoms with E-state index in [4.69, 9.17) is 0 Å². The van der Waals surface area contributed by atoms with Gasteiger partial charge < -0.3 is 5.11 Å². The molecule has 1 aromatic carbocycles. The predicted octanol–water partition coefficient (Wildman–Crippen LogP) is 3.41. The fourth-order valence-corrected chi connectivity index (χ4v) is 3.89. The Morgan fingerprint density at radius 2 is 1.83 bits per heavy atom. The SMILES string of the molecule is Cc1ccc(S(=O)(=O)n2cc(C(C)C)c3cc(O)cnc32)cc1. The van der Waals surface area contributed by atoms with E-state index < -0.39 is 10.0 Å². The van der Waals surface area contributed by atoms with Crippen LogP contribution in [0.1, 0.15) is 30.9 Å². The smallest absolute Gasteiger partial charge is 0.269 e. The van der Waals surface area contributed by atoms with E-state index in [1.807, 2.05) is 20.8 Å². The molecule has 3 rings (SSSR count). The molecular weight excluding hydrogens is 312 g/mol. The normalized spacial score (nSPS) is 12.2. The van der Waals surface area contributed by atoms with Gasteiger partial charge in [0.25, 0.3) is 10.0 Å². The Bertz CT molecular complexity index is 971. The zero-order valence-corrected chi connectivity index (χ0v) is 14.0. The van der Waals surface area contributed by atoms with Crippen LogP contribution in [0.25, 0.3) is 11.0 Å². The molecule has 0 amide bonds. The quantitative estimate of drug-likeness (QED) is 0.799. The third kappa shape index (κ3) is 2.59. The second-order valence-corrected chi connectivity index (χ2v) is 7.73. The molecule has 0 saturated heterocycles. The summed E-state index contributed by atoms with van der Waals surface area (Å²) in [7, 11) is -3.74. The maximum atomic E-state index is 12.9. The van der Waals surface area contributed by atoms with Gasteiger partial charge in [-0.05, 0) is 36.6 Å². The largest absolute Gasteiger partial charge is 0.506 e. The summed E-state index contributed by atoms with van der Waals surface area (Å²) in [5.41, 5.74) is 2.15. The van der Waals surface area contributed by atoms with E-state index in [1.165, 1.54) is 10.2 Å². The van der Waals surface area contributed by atoms with Gasteiger partial charge >= 0.3 is 0 Å². The minimum absolute atomic E-state index is 0.0184. The first-order valence-electron chi connectivity index (χ1n) is 7.33. The molecule has 1 N–H and O–H groups in total. The summed E-state index contributed by atoms with van der Waals surface area (Å²) >= 11 is 0. The minimum Gasteiger partial charge on any atom is -0.506 e. The number of rotatable bonds is 3. The molecule has 0 unspecified atom stereocenters. The summed E-state index contributed by atoms with van der Waals surface area (Å²) in [6, 6.07) is 8.26. The van der Waals surface area contributed by atoms with Crippen LogP contribution in [0.15, 0.2) is 47.6 Å². The Morgan fingerprint density at radius 1 is 1.17 bits per heavy atom. The standard InChI is InChI=1S/C17H18N2O3S/c1-11(2)16-10-19(17-15(16)8-13(20)9-18-17)23(21,22)14-6-4-12(3)5-7-14/h4-11,20H,1-3H3. The molecule has 23 heavy (non-hydrogen) atoms. The van der Waals surface area contributed by atoms with E-state index in [9.17, 15) is 13.5 Å². The number of aryl methyl sites for hydroxylation is 1. The molecule has 0 saturated carbocycles. The highest BCUT2D eigenvalue weighted by atomic mass is 32.2. The van der Waals surface area contributed by atoms with Crippen LogP contribution in [0.2, 0.25) is 0 Å². The Labute approximate surface area is 135 Å². The molecule has 3 aromatic rings. The lowest BCUT2D eigenvalue weighted by atomic mass is 10.0. The van der Waals surface area contributed by atoms with Crippen molar-refractivity contribution in [3.8, 4) is 5.75 Å². The number of nitrogens with zero attached hydrogens (tertiary/aromatic N) is 2. The van der Waals surface area contributed by atoms with Gasteiger partial charge in [-0.1, -0.05) is 31.5 Å². The van der Waals surface area contributed by atoms with Crippen LogP contribution in [0.4, 0.5) is 0 Å². The van der Waals surface area contributed by atoms with E-state index in [0.29, 0.717) is 11.0 Å². The molecule has 0 fully saturated rings. The van der Waals surface area contributed by atoms with E-state index in [2.05, 4.69) is 4.98 Å². The fourth-order valence-electron chi connectivity index (χ4n) is 2.56. The van der Waals surface area contributed by atoms with Crippen LogP contribution >= 0.6 is 0 Å². The van der Waals surface area contributed by atoms with Gasteiger partial charge in [-0.3, -0.25) is 0 Å². The molecule has 2 aromatic heterocycles. The van der Waals surface area contributed by atoms with Crippen molar-refractivity contribution in [1.82, 2.24) is 8.96 Å². The third-order valence-corrected chi connectivity index (χ3v) is 5.49. The van der Waals surface area contributed by atoms with Crippen molar-refractivity contribution in [2.75, 3.05) is 0 Å². The molecule has 0 aliphatic rings. The topological polar surface area (TPSA) is 72.2 Å². The molecule has 0 bridgehead atoms. The van der Waals surface area contributed by atoms with Gasteiger partial charge in [0.1, 0.15) is 5.75 Å². The van der Waals surface area contributed by atoms with Gasteiger partial charge in [0.05, 0.1) is 11.1 Å². The average molecular weight is 330 g/mol. The molecule has 2 heterocycles. The number of hydrogen-bond donors (Lipinski definition) is 1. The molecule has 0 aliphatic heterocycles. The fraction of sp³-hybridized carbons (Fsp3) is 0.235. The summed E-state index contributed by atoms with van der Waals surface area (Å²) in [6.45, 7) is 5.85. The highest BCUT2D eigenvalue weighted by molar-refractivity contribution is 7.90.